The van der Waals surface area contributed by atoms with Crippen LogP contribution in [0.2, 0.25) is 0 Å². The van der Waals surface area contributed by atoms with Crippen molar-refractivity contribution in [3.8, 4) is 0 Å². The van der Waals surface area contributed by atoms with Gasteiger partial charge in [0, 0.05) is 10.1 Å². The molecule has 1 unspecified atom stereocenters. The van der Waals surface area contributed by atoms with E-state index in [-0.39, 0.29) is 0 Å². The molecule has 0 aromatic heterocycles. The van der Waals surface area contributed by atoms with Crippen molar-refractivity contribution in [2.24, 2.45) is 0 Å². The van der Waals surface area contributed by atoms with Gasteiger partial charge in [0.15, 0.2) is 5.38 Å². The van der Waals surface area contributed by atoms with E-state index >= 15 is 0 Å². The van der Waals surface area contributed by atoms with Gasteiger partial charge in [-0.05, 0) is 17.7 Å². The van der Waals surface area contributed by atoms with Gasteiger partial charge < -0.3 is 5.11 Å². The lowest BCUT2D eigenvalue weighted by Gasteiger charge is -2.07. The van der Waals surface area contributed by atoms with E-state index < -0.39 is 11.3 Å². The molecule has 0 radical (unpaired) electrons. The number of carboxylic acids is 1. The van der Waals surface area contributed by atoms with Crippen molar-refractivity contribution in [1.29, 1.82) is 0 Å². The zero-order valence-corrected chi connectivity index (χ0v) is 10.2. The first kappa shape index (κ1) is 12.4. The minimum Gasteiger partial charge on any atom is -0.480 e. The van der Waals surface area contributed by atoms with Crippen LogP contribution in [0.15, 0.2) is 29.2 Å². The second kappa shape index (κ2) is 5.42. The van der Waals surface area contributed by atoms with Crippen LogP contribution >= 0.6 is 23.4 Å². The van der Waals surface area contributed by atoms with Crippen molar-refractivity contribution >= 4 is 29.3 Å². The van der Waals surface area contributed by atoms with Crippen LogP contribution in [0.4, 0.5) is 0 Å². The fourth-order valence-electron chi connectivity index (χ4n) is 1.13. The normalized spacial score (nSPS) is 12.8. The summed E-state index contributed by atoms with van der Waals surface area (Å²) >= 11 is 7.43. The molecule has 0 saturated heterocycles. The average molecular weight is 245 g/mol. The summed E-state index contributed by atoms with van der Waals surface area (Å²) in [5.74, 6) is -1.01. The average Bonchev–Trinajstić information content (AvgIpc) is 2.17. The summed E-state index contributed by atoms with van der Waals surface area (Å²) in [6, 6.07) is 7.32. The largest absolute Gasteiger partial charge is 0.480 e. The van der Waals surface area contributed by atoms with Gasteiger partial charge in [0.25, 0.3) is 0 Å². The molecule has 82 valence electrons. The zero-order valence-electron chi connectivity index (χ0n) is 8.61. The molecule has 0 aliphatic heterocycles. The predicted octanol–water partition coefficient (Wildman–Crippen LogP) is 3.55. The molecule has 0 aliphatic carbocycles. The van der Waals surface area contributed by atoms with Crippen molar-refractivity contribution < 1.29 is 9.90 Å². The number of thioether (sulfide) groups is 1. The highest BCUT2D eigenvalue weighted by Gasteiger charge is 2.15. The van der Waals surface area contributed by atoms with Crippen LogP contribution in [0, 0.1) is 0 Å². The molecule has 0 amide bonds. The molecule has 4 heteroatoms. The van der Waals surface area contributed by atoms with Gasteiger partial charge in [-0.1, -0.05) is 26.0 Å². The molecule has 0 spiro atoms. The first-order valence-electron chi connectivity index (χ1n) is 4.64. The van der Waals surface area contributed by atoms with E-state index in [1.807, 2.05) is 12.1 Å². The van der Waals surface area contributed by atoms with Gasteiger partial charge in [0.2, 0.25) is 0 Å². The van der Waals surface area contributed by atoms with Gasteiger partial charge in [-0.3, -0.25) is 4.79 Å². The highest BCUT2D eigenvalue weighted by Crippen LogP contribution is 2.26. The highest BCUT2D eigenvalue weighted by molar-refractivity contribution is 7.99. The lowest BCUT2D eigenvalue weighted by atomic mass is 10.1. The Bertz CT molecular complexity index is 335. The fraction of sp³-hybridized carbons (Fsp3) is 0.364. The first-order chi connectivity index (χ1) is 7.00. The summed E-state index contributed by atoms with van der Waals surface area (Å²) in [5, 5.41) is 8.27. The van der Waals surface area contributed by atoms with E-state index in [2.05, 4.69) is 13.8 Å². The molecule has 1 N–H and O–H groups in total. The van der Waals surface area contributed by atoms with Gasteiger partial charge in [-0.2, -0.15) is 0 Å². The number of hydrogen-bond acceptors (Lipinski definition) is 2. The maximum absolute atomic E-state index is 10.6. The minimum atomic E-state index is -1.01. The number of carboxylic acid groups (broad SMARTS) is 1. The Morgan fingerprint density at radius 1 is 1.33 bits per heavy atom. The molecule has 1 rings (SSSR count). The number of aliphatic carboxylic acids is 1. The van der Waals surface area contributed by atoms with Crippen LogP contribution in [0.1, 0.15) is 24.8 Å². The molecular formula is C11H13ClO2S. The third-order valence-electron chi connectivity index (χ3n) is 1.76. The molecule has 0 saturated carbocycles. The number of alkyl halides is 1. The van der Waals surface area contributed by atoms with Crippen molar-refractivity contribution in [1.82, 2.24) is 0 Å². The van der Waals surface area contributed by atoms with E-state index in [1.165, 1.54) is 0 Å². The molecule has 0 fully saturated rings. The van der Waals surface area contributed by atoms with Gasteiger partial charge in [-0.25, -0.2) is 0 Å². The van der Waals surface area contributed by atoms with Crippen LogP contribution in [0.5, 0.6) is 0 Å². The summed E-state index contributed by atoms with van der Waals surface area (Å²) in [6.07, 6.45) is 0. The highest BCUT2D eigenvalue weighted by atomic mass is 35.5. The molecule has 1 aromatic carbocycles. The third kappa shape index (κ3) is 3.76. The Kier molecular flexibility index (Phi) is 4.48. The number of rotatable bonds is 4. The third-order valence-corrected chi connectivity index (χ3v) is 3.22. The van der Waals surface area contributed by atoms with Crippen LogP contribution in [-0.4, -0.2) is 16.3 Å². The number of hydrogen-bond donors (Lipinski definition) is 1. The maximum Gasteiger partial charge on any atom is 0.326 e. The summed E-state index contributed by atoms with van der Waals surface area (Å²) in [5.41, 5.74) is 0.622. The van der Waals surface area contributed by atoms with Crippen LogP contribution in [0.25, 0.3) is 0 Å². The SMILES string of the molecule is CC(C)Sc1ccc(C(Cl)C(=O)O)cc1. The Balaban J connectivity index is 2.76. The summed E-state index contributed by atoms with van der Waals surface area (Å²) in [7, 11) is 0. The topological polar surface area (TPSA) is 37.3 Å². The van der Waals surface area contributed by atoms with Crippen LogP contribution in [0.3, 0.4) is 0 Å². The smallest absolute Gasteiger partial charge is 0.326 e. The molecule has 1 atom stereocenters. The molecule has 2 nitrogen and oxygen atoms in total. The molecule has 0 bridgehead atoms. The molecule has 0 heterocycles. The molecule has 15 heavy (non-hydrogen) atoms. The van der Waals surface area contributed by atoms with E-state index in [1.54, 1.807) is 23.9 Å². The van der Waals surface area contributed by atoms with Crippen molar-refractivity contribution in [3.05, 3.63) is 29.8 Å². The number of benzene rings is 1. The molecular weight excluding hydrogens is 232 g/mol. The van der Waals surface area contributed by atoms with Gasteiger partial charge >= 0.3 is 5.97 Å². The molecule has 1 aromatic rings. The predicted molar refractivity (Wildman–Crippen MR) is 63.7 cm³/mol. The van der Waals surface area contributed by atoms with Gasteiger partial charge in [-0.15, -0.1) is 23.4 Å². The molecule has 0 aliphatic rings. The first-order valence-corrected chi connectivity index (χ1v) is 5.96. The lowest BCUT2D eigenvalue weighted by Crippen LogP contribution is -2.04. The minimum absolute atomic E-state index is 0.516. The van der Waals surface area contributed by atoms with Gasteiger partial charge in [0.05, 0.1) is 0 Å². The van der Waals surface area contributed by atoms with E-state index in [0.717, 1.165) is 4.90 Å². The van der Waals surface area contributed by atoms with E-state index in [4.69, 9.17) is 16.7 Å². The monoisotopic (exact) mass is 244 g/mol. The van der Waals surface area contributed by atoms with Crippen LogP contribution in [-0.2, 0) is 4.79 Å². The Morgan fingerprint density at radius 3 is 2.27 bits per heavy atom. The second-order valence-electron chi connectivity index (χ2n) is 3.44. The number of carbonyl (C=O) groups is 1. The van der Waals surface area contributed by atoms with Gasteiger partial charge in [0.1, 0.15) is 0 Å². The van der Waals surface area contributed by atoms with E-state index in [9.17, 15) is 4.79 Å². The van der Waals surface area contributed by atoms with Crippen LogP contribution < -0.4 is 0 Å². The number of halogens is 1. The Labute approximate surface area is 98.6 Å². The summed E-state index contributed by atoms with van der Waals surface area (Å²) in [4.78, 5) is 11.8. The van der Waals surface area contributed by atoms with Crippen molar-refractivity contribution in [2.75, 3.05) is 0 Å². The second-order valence-corrected chi connectivity index (χ2v) is 5.52. The fourth-order valence-corrected chi connectivity index (χ4v) is 2.11. The summed E-state index contributed by atoms with van der Waals surface area (Å²) in [6.45, 7) is 4.22. The van der Waals surface area contributed by atoms with Crippen molar-refractivity contribution in [3.63, 3.8) is 0 Å². The zero-order chi connectivity index (χ0) is 11.4. The quantitative estimate of drug-likeness (QED) is 0.650. The summed E-state index contributed by atoms with van der Waals surface area (Å²) < 4.78 is 0. The Morgan fingerprint density at radius 2 is 1.87 bits per heavy atom. The van der Waals surface area contributed by atoms with E-state index in [0.29, 0.717) is 10.8 Å². The standard InChI is InChI=1S/C11H13ClO2S/c1-7(2)15-9-5-3-8(4-6-9)10(12)11(13)14/h3-7,10H,1-2H3,(H,13,14). The maximum atomic E-state index is 10.6. The lowest BCUT2D eigenvalue weighted by molar-refractivity contribution is -0.136. The Hall–Kier alpha value is -0.670. The van der Waals surface area contributed by atoms with Crippen molar-refractivity contribution in [2.45, 2.75) is 29.4 Å².